The fourth-order valence-electron chi connectivity index (χ4n) is 5.96. The molecule has 0 radical (unpaired) electrons. The van der Waals surface area contributed by atoms with Gasteiger partial charge in [0.15, 0.2) is 10.8 Å². The maximum Gasteiger partial charge on any atom is 0.338 e. The van der Waals surface area contributed by atoms with Crippen molar-refractivity contribution in [1.82, 2.24) is 20.1 Å². The van der Waals surface area contributed by atoms with Crippen molar-refractivity contribution < 1.29 is 33.0 Å². The predicted molar refractivity (Wildman–Crippen MR) is 166 cm³/mol. The molecular weight excluding hydrogens is 618 g/mol. The summed E-state index contributed by atoms with van der Waals surface area (Å²) in [6, 6.07) is 6.46. The van der Waals surface area contributed by atoms with Gasteiger partial charge in [0.25, 0.3) is 0 Å². The zero-order chi connectivity index (χ0) is 32.5. The molecule has 0 unspecified atom stereocenters. The number of urea groups is 1. The Kier molecular flexibility index (Phi) is 8.53. The van der Waals surface area contributed by atoms with Gasteiger partial charge in [0.1, 0.15) is 17.7 Å². The molecule has 6 rings (SSSR count). The number of ether oxygens (including phenoxy) is 1. The minimum absolute atomic E-state index is 0.0104. The third-order valence-electron chi connectivity index (χ3n) is 8.05. The monoisotopic (exact) mass is 646 g/mol. The molecule has 2 atom stereocenters. The first kappa shape index (κ1) is 30.9. The van der Waals surface area contributed by atoms with E-state index in [2.05, 4.69) is 21.1 Å². The molecule has 0 spiro atoms. The van der Waals surface area contributed by atoms with Crippen LogP contribution in [0.4, 0.5) is 19.3 Å². The van der Waals surface area contributed by atoms with Gasteiger partial charge in [-0.2, -0.15) is 0 Å². The maximum atomic E-state index is 14.9. The molecule has 2 aromatic carbocycles. The fourth-order valence-corrected chi connectivity index (χ4v) is 6.55. The number of thiazole rings is 1. The third kappa shape index (κ3) is 5.70. The molecule has 3 aliphatic rings. The summed E-state index contributed by atoms with van der Waals surface area (Å²) in [7, 11) is 0. The van der Waals surface area contributed by atoms with Gasteiger partial charge in [-0.05, 0) is 36.8 Å². The number of aromatic carboxylic acids is 1. The second kappa shape index (κ2) is 12.7. The highest BCUT2D eigenvalue weighted by atomic mass is 32.1. The number of amidine groups is 1. The number of hydrogen-bond acceptors (Lipinski definition) is 9. The molecule has 3 aromatic rings. The molecular formula is C32H28F2N6O5S. The highest BCUT2D eigenvalue weighted by Gasteiger charge is 2.42. The maximum absolute atomic E-state index is 14.9. The first-order valence-electron chi connectivity index (χ1n) is 14.4. The number of amides is 2. The van der Waals surface area contributed by atoms with E-state index in [0.29, 0.717) is 41.7 Å². The molecule has 0 aliphatic carbocycles. The first-order valence-corrected chi connectivity index (χ1v) is 15.3. The average Bonchev–Trinajstić information content (AvgIpc) is 3.69. The molecule has 14 heteroatoms. The summed E-state index contributed by atoms with van der Waals surface area (Å²) in [5, 5.41) is 14.8. The second-order valence-corrected chi connectivity index (χ2v) is 11.6. The largest absolute Gasteiger partial charge is 0.478 e. The van der Waals surface area contributed by atoms with Crippen molar-refractivity contribution in [3.05, 3.63) is 92.6 Å². The van der Waals surface area contributed by atoms with Crippen LogP contribution in [-0.4, -0.2) is 89.1 Å². The highest BCUT2D eigenvalue weighted by molar-refractivity contribution is 7.11. The van der Waals surface area contributed by atoms with E-state index in [1.807, 2.05) is 0 Å². The number of terminal acetylenes is 1. The molecule has 236 valence electrons. The summed E-state index contributed by atoms with van der Waals surface area (Å²) in [6.45, 7) is 3.50. The molecule has 2 N–H and O–H groups in total. The normalized spacial score (nSPS) is 19.8. The van der Waals surface area contributed by atoms with Gasteiger partial charge in [-0.15, -0.1) is 17.8 Å². The van der Waals surface area contributed by atoms with Crippen molar-refractivity contribution in [2.75, 3.05) is 44.2 Å². The van der Waals surface area contributed by atoms with E-state index in [9.17, 15) is 28.3 Å². The Morgan fingerprint density at radius 3 is 2.72 bits per heavy atom. The summed E-state index contributed by atoms with van der Waals surface area (Å²) < 4.78 is 34.8. The van der Waals surface area contributed by atoms with E-state index in [1.165, 1.54) is 34.4 Å². The zero-order valence-electron chi connectivity index (χ0n) is 24.6. The molecule has 0 bridgehead atoms. The number of fused-ring (bicyclic) bond motifs is 1. The molecule has 1 aromatic heterocycles. The summed E-state index contributed by atoms with van der Waals surface area (Å²) >= 11 is 1.34. The van der Waals surface area contributed by atoms with E-state index in [0.717, 1.165) is 12.1 Å². The number of carbonyl (C=O) groups is 3. The van der Waals surface area contributed by atoms with Crippen molar-refractivity contribution in [2.24, 2.45) is 4.99 Å². The molecule has 2 amide bonds. The Morgan fingerprint density at radius 1 is 1.20 bits per heavy atom. The Labute approximate surface area is 266 Å². The lowest BCUT2D eigenvalue weighted by Gasteiger charge is -2.38. The van der Waals surface area contributed by atoms with E-state index in [-0.39, 0.29) is 48.6 Å². The van der Waals surface area contributed by atoms with Gasteiger partial charge in [-0.25, -0.2) is 28.1 Å². The summed E-state index contributed by atoms with van der Waals surface area (Å²) in [5.74, 6) is -0.768. The quantitative estimate of drug-likeness (QED) is 0.281. The lowest BCUT2D eigenvalue weighted by Crippen LogP contribution is -2.53. The van der Waals surface area contributed by atoms with Gasteiger partial charge < -0.3 is 20.1 Å². The van der Waals surface area contributed by atoms with E-state index < -0.39 is 35.2 Å². The second-order valence-electron chi connectivity index (χ2n) is 10.7. The fraction of sp³-hybridized carbons (Fsp3) is 0.281. The van der Waals surface area contributed by atoms with Crippen molar-refractivity contribution in [2.45, 2.75) is 19.0 Å². The van der Waals surface area contributed by atoms with Gasteiger partial charge >= 0.3 is 18.0 Å². The van der Waals surface area contributed by atoms with Crippen LogP contribution in [0.1, 0.15) is 39.5 Å². The Morgan fingerprint density at radius 2 is 2.02 bits per heavy atom. The molecule has 11 nitrogen and oxygen atoms in total. The lowest BCUT2D eigenvalue weighted by atomic mass is 9.91. The average molecular weight is 647 g/mol. The Hall–Kier alpha value is -5.13. The number of esters is 1. The number of rotatable bonds is 8. The smallest absolute Gasteiger partial charge is 0.338 e. The van der Waals surface area contributed by atoms with Crippen LogP contribution in [0.25, 0.3) is 0 Å². The number of carboxylic acid groups (broad SMARTS) is 1. The van der Waals surface area contributed by atoms with Gasteiger partial charge in [0.2, 0.25) is 0 Å². The minimum atomic E-state index is -1.39. The number of nitrogens with zero attached hydrogens (tertiary/aromatic N) is 5. The van der Waals surface area contributed by atoms with E-state index in [4.69, 9.17) is 16.2 Å². The number of anilines is 1. The number of carboxylic acids is 1. The topological polar surface area (TPSA) is 128 Å². The Bertz CT molecular complexity index is 1820. The number of aromatic nitrogens is 1. The van der Waals surface area contributed by atoms with E-state index >= 15 is 0 Å². The van der Waals surface area contributed by atoms with Crippen molar-refractivity contribution >= 4 is 40.8 Å². The van der Waals surface area contributed by atoms with Crippen molar-refractivity contribution in [3.63, 3.8) is 0 Å². The Balaban J connectivity index is 1.32. The molecule has 0 saturated carbocycles. The predicted octanol–water partition coefficient (Wildman–Crippen LogP) is 3.64. The van der Waals surface area contributed by atoms with Crippen LogP contribution in [0.2, 0.25) is 0 Å². The van der Waals surface area contributed by atoms with Crippen molar-refractivity contribution in [3.8, 4) is 12.3 Å². The van der Waals surface area contributed by atoms with Crippen LogP contribution in [0.3, 0.4) is 0 Å². The van der Waals surface area contributed by atoms with Gasteiger partial charge in [0.05, 0.1) is 29.3 Å². The van der Waals surface area contributed by atoms with E-state index in [1.54, 1.807) is 29.5 Å². The van der Waals surface area contributed by atoms with Crippen LogP contribution in [-0.2, 0) is 9.53 Å². The van der Waals surface area contributed by atoms with Crippen LogP contribution in [0, 0.1) is 24.0 Å². The highest BCUT2D eigenvalue weighted by Crippen LogP contribution is 2.36. The number of carbonyl (C=O) groups excluding carboxylic acids is 2. The molecule has 3 aliphatic heterocycles. The molecule has 46 heavy (non-hydrogen) atoms. The number of aliphatic imine (C=N–C) groups is 1. The SMILES string of the molecule is C#Cc1c(F)cccc1[C@@H]1N=C(c2nccs2)NC(CN2CCN3C(=O)N(c4ccc(C(=O)O)c(F)c4)C[C@@H]3C2)=C1C(=O)OCC. The summed E-state index contributed by atoms with van der Waals surface area (Å²) in [5.41, 5.74) is 0.782. The summed E-state index contributed by atoms with van der Waals surface area (Å²) in [6.07, 6.45) is 7.33. The number of hydrogen-bond donors (Lipinski definition) is 2. The van der Waals surface area contributed by atoms with Crippen LogP contribution >= 0.6 is 11.3 Å². The zero-order valence-corrected chi connectivity index (χ0v) is 25.4. The molecule has 2 saturated heterocycles. The lowest BCUT2D eigenvalue weighted by molar-refractivity contribution is -0.139. The number of piperazine rings is 1. The van der Waals surface area contributed by atoms with Gasteiger partial charge in [-0.3, -0.25) is 14.8 Å². The number of benzene rings is 2. The van der Waals surface area contributed by atoms with Crippen LogP contribution in [0.5, 0.6) is 0 Å². The van der Waals surface area contributed by atoms with Crippen molar-refractivity contribution in [1.29, 1.82) is 0 Å². The number of nitrogens with one attached hydrogen (secondary N) is 1. The van der Waals surface area contributed by atoms with Crippen LogP contribution < -0.4 is 10.2 Å². The molecule has 2 fully saturated rings. The van der Waals surface area contributed by atoms with Gasteiger partial charge in [0, 0.05) is 55.7 Å². The minimum Gasteiger partial charge on any atom is -0.478 e. The number of halogens is 2. The third-order valence-corrected chi connectivity index (χ3v) is 8.83. The first-order chi connectivity index (χ1) is 22.2. The summed E-state index contributed by atoms with van der Waals surface area (Å²) in [4.78, 5) is 52.4. The standard InChI is InChI=1S/C32H28F2N6O5S/c1-3-20-21(6-5-7-23(20)33)27-26(31(43)45-4-2)25(36-28(37-27)29-35-10-13-46-29)17-38-11-12-39-19(15-38)16-40(32(39)44)18-8-9-22(30(41)42)24(34)14-18/h1,5-10,13-14,19,27H,4,11-12,15-17H2,2H3,(H,36,37)(H,41,42)/t19-,27-/m0/s1. The van der Waals surface area contributed by atoms with Gasteiger partial charge in [-0.1, -0.05) is 18.1 Å². The molecule has 4 heterocycles. The van der Waals surface area contributed by atoms with Crippen LogP contribution in [0.15, 0.2) is 64.2 Å².